The van der Waals surface area contributed by atoms with Gasteiger partial charge in [-0.05, 0) is 23.8 Å². The largest absolute Gasteiger partial charge is 0.270 e. The second-order valence-corrected chi connectivity index (χ2v) is 8.52. The SMILES string of the molecule is O=[N+]([O-])c1ccc([C@H]2SCCN2S(=O)(=O)c2cccc([N+](=O)[O-])c2)cc1. The minimum absolute atomic E-state index is 0.0789. The number of nitro groups is 2. The summed E-state index contributed by atoms with van der Waals surface area (Å²) in [6.07, 6.45) is 0. The summed E-state index contributed by atoms with van der Waals surface area (Å²) in [5.74, 6) is 0.551. The molecule has 1 aliphatic rings. The van der Waals surface area contributed by atoms with Crippen molar-refractivity contribution in [1.29, 1.82) is 0 Å². The van der Waals surface area contributed by atoms with Crippen LogP contribution in [0, 0.1) is 20.2 Å². The van der Waals surface area contributed by atoms with Gasteiger partial charge in [-0.2, -0.15) is 4.31 Å². The molecule has 1 heterocycles. The monoisotopic (exact) mass is 395 g/mol. The highest BCUT2D eigenvalue weighted by molar-refractivity contribution is 8.01. The lowest BCUT2D eigenvalue weighted by atomic mass is 10.2. The Morgan fingerprint density at radius 2 is 1.65 bits per heavy atom. The van der Waals surface area contributed by atoms with E-state index in [9.17, 15) is 28.6 Å². The fourth-order valence-electron chi connectivity index (χ4n) is 2.62. The fraction of sp³-hybridized carbons (Fsp3) is 0.200. The van der Waals surface area contributed by atoms with Gasteiger partial charge in [0.2, 0.25) is 10.0 Å². The van der Waals surface area contributed by atoms with E-state index in [0.717, 1.165) is 6.07 Å². The number of hydrogen-bond acceptors (Lipinski definition) is 7. The van der Waals surface area contributed by atoms with Gasteiger partial charge in [0.1, 0.15) is 0 Å². The molecule has 0 saturated carbocycles. The number of thioether (sulfide) groups is 1. The Morgan fingerprint density at radius 3 is 2.27 bits per heavy atom. The molecule has 9 nitrogen and oxygen atoms in total. The summed E-state index contributed by atoms with van der Waals surface area (Å²) in [6, 6.07) is 10.6. The Morgan fingerprint density at radius 1 is 1.00 bits per heavy atom. The van der Waals surface area contributed by atoms with E-state index in [2.05, 4.69) is 0 Å². The quantitative estimate of drug-likeness (QED) is 0.563. The first-order chi connectivity index (χ1) is 12.3. The Kier molecular flexibility index (Phi) is 4.94. The molecule has 0 radical (unpaired) electrons. The Bertz CT molecular complexity index is 962. The summed E-state index contributed by atoms with van der Waals surface area (Å²) in [6.45, 7) is 0.247. The lowest BCUT2D eigenvalue weighted by Crippen LogP contribution is -2.30. The van der Waals surface area contributed by atoms with E-state index in [1.807, 2.05) is 0 Å². The molecule has 26 heavy (non-hydrogen) atoms. The number of benzene rings is 2. The van der Waals surface area contributed by atoms with Gasteiger partial charge in [0.25, 0.3) is 11.4 Å². The van der Waals surface area contributed by atoms with Crippen molar-refractivity contribution in [3.05, 3.63) is 74.3 Å². The van der Waals surface area contributed by atoms with Crippen molar-refractivity contribution in [3.63, 3.8) is 0 Å². The highest BCUT2D eigenvalue weighted by Gasteiger charge is 2.37. The third kappa shape index (κ3) is 3.41. The van der Waals surface area contributed by atoms with Crippen LogP contribution in [0.15, 0.2) is 53.4 Å². The van der Waals surface area contributed by atoms with Crippen molar-refractivity contribution in [3.8, 4) is 0 Å². The van der Waals surface area contributed by atoms with Gasteiger partial charge in [-0.25, -0.2) is 8.42 Å². The topological polar surface area (TPSA) is 124 Å². The molecule has 1 atom stereocenters. The second kappa shape index (κ2) is 7.02. The molecule has 0 N–H and O–H groups in total. The van der Waals surface area contributed by atoms with E-state index >= 15 is 0 Å². The van der Waals surface area contributed by atoms with E-state index in [0.29, 0.717) is 11.3 Å². The van der Waals surface area contributed by atoms with Crippen LogP contribution in [-0.2, 0) is 10.0 Å². The predicted octanol–water partition coefficient (Wildman–Crippen LogP) is 2.94. The summed E-state index contributed by atoms with van der Waals surface area (Å²) in [5, 5.41) is 21.1. The molecule has 1 aliphatic heterocycles. The van der Waals surface area contributed by atoms with E-state index in [-0.39, 0.29) is 22.8 Å². The van der Waals surface area contributed by atoms with E-state index in [1.54, 1.807) is 0 Å². The average Bonchev–Trinajstić information content (AvgIpc) is 3.12. The first kappa shape index (κ1) is 18.3. The van der Waals surface area contributed by atoms with Crippen LogP contribution >= 0.6 is 11.8 Å². The molecule has 3 rings (SSSR count). The van der Waals surface area contributed by atoms with E-state index < -0.39 is 25.2 Å². The number of nitro benzene ring substituents is 2. The molecular weight excluding hydrogens is 382 g/mol. The fourth-order valence-corrected chi connectivity index (χ4v) is 5.90. The number of hydrogen-bond donors (Lipinski definition) is 0. The van der Waals surface area contributed by atoms with Crippen molar-refractivity contribution >= 4 is 33.2 Å². The van der Waals surface area contributed by atoms with Crippen molar-refractivity contribution < 1.29 is 18.3 Å². The van der Waals surface area contributed by atoms with Gasteiger partial charge in [-0.1, -0.05) is 6.07 Å². The summed E-state index contributed by atoms with van der Waals surface area (Å²) in [5.41, 5.74) is 0.238. The van der Waals surface area contributed by atoms with E-state index in [4.69, 9.17) is 0 Å². The van der Waals surface area contributed by atoms with Gasteiger partial charge < -0.3 is 0 Å². The summed E-state index contributed by atoms with van der Waals surface area (Å²) in [7, 11) is -3.94. The summed E-state index contributed by atoms with van der Waals surface area (Å²) < 4.78 is 27.2. The molecule has 2 aromatic rings. The number of sulfonamides is 1. The van der Waals surface area contributed by atoms with Crippen molar-refractivity contribution in [2.24, 2.45) is 0 Å². The number of nitrogens with zero attached hydrogens (tertiary/aromatic N) is 3. The van der Waals surface area contributed by atoms with Crippen LogP contribution in [0.2, 0.25) is 0 Å². The molecule has 11 heteroatoms. The minimum Gasteiger partial charge on any atom is -0.258 e. The van der Waals surface area contributed by atoms with Crippen LogP contribution in [-0.4, -0.2) is 34.9 Å². The minimum atomic E-state index is -3.94. The standard InChI is InChI=1S/C15H13N3O6S2/c19-17(20)12-6-4-11(5-7-12)15-16(8-9-25-15)26(23,24)14-3-1-2-13(10-14)18(21)22/h1-7,10,15H,8-9H2/t15-/m1/s1. The number of non-ortho nitro benzene ring substituents is 2. The van der Waals surface area contributed by atoms with Crippen molar-refractivity contribution in [2.45, 2.75) is 10.3 Å². The molecule has 0 aliphatic carbocycles. The average molecular weight is 395 g/mol. The molecule has 0 unspecified atom stereocenters. The van der Waals surface area contributed by atoms with Crippen LogP contribution in [0.5, 0.6) is 0 Å². The van der Waals surface area contributed by atoms with Crippen LogP contribution in [0.1, 0.15) is 10.9 Å². The van der Waals surface area contributed by atoms with Crippen LogP contribution in [0.4, 0.5) is 11.4 Å². The molecule has 0 bridgehead atoms. The summed E-state index contributed by atoms with van der Waals surface area (Å²) in [4.78, 5) is 20.4. The molecule has 0 spiro atoms. The van der Waals surface area contributed by atoms with Crippen LogP contribution < -0.4 is 0 Å². The maximum absolute atomic E-state index is 12.9. The Labute approximate surface area is 153 Å². The zero-order chi connectivity index (χ0) is 18.9. The maximum atomic E-state index is 12.9. The maximum Gasteiger partial charge on any atom is 0.270 e. The molecular formula is C15H13N3O6S2. The first-order valence-electron chi connectivity index (χ1n) is 7.43. The van der Waals surface area contributed by atoms with Crippen molar-refractivity contribution in [2.75, 3.05) is 12.3 Å². The molecule has 1 fully saturated rings. The molecule has 1 saturated heterocycles. The number of rotatable bonds is 5. The third-order valence-electron chi connectivity index (χ3n) is 3.87. The lowest BCUT2D eigenvalue weighted by molar-refractivity contribution is -0.385. The molecule has 0 amide bonds. The van der Waals surface area contributed by atoms with Gasteiger partial charge >= 0.3 is 0 Å². The van der Waals surface area contributed by atoms with Gasteiger partial charge in [-0.3, -0.25) is 20.2 Å². The van der Waals surface area contributed by atoms with Gasteiger partial charge in [-0.15, -0.1) is 11.8 Å². The highest BCUT2D eigenvalue weighted by atomic mass is 32.2. The Hall–Kier alpha value is -2.50. The lowest BCUT2D eigenvalue weighted by Gasteiger charge is -2.23. The van der Waals surface area contributed by atoms with Gasteiger partial charge in [0.15, 0.2) is 0 Å². The van der Waals surface area contributed by atoms with Gasteiger partial charge in [0, 0.05) is 36.6 Å². The predicted molar refractivity (Wildman–Crippen MR) is 95.3 cm³/mol. The van der Waals surface area contributed by atoms with Crippen LogP contribution in [0.3, 0.4) is 0 Å². The van der Waals surface area contributed by atoms with Gasteiger partial charge in [0.05, 0.1) is 20.1 Å². The molecule has 2 aromatic carbocycles. The zero-order valence-electron chi connectivity index (χ0n) is 13.2. The highest BCUT2D eigenvalue weighted by Crippen LogP contribution is 2.42. The summed E-state index contributed by atoms with van der Waals surface area (Å²) >= 11 is 1.39. The normalized spacial score (nSPS) is 17.9. The van der Waals surface area contributed by atoms with E-state index in [1.165, 1.54) is 58.5 Å². The molecule has 136 valence electrons. The van der Waals surface area contributed by atoms with Crippen LogP contribution in [0.25, 0.3) is 0 Å². The Balaban J connectivity index is 1.95. The van der Waals surface area contributed by atoms with Crippen molar-refractivity contribution in [1.82, 2.24) is 4.31 Å². The second-order valence-electron chi connectivity index (χ2n) is 5.44. The zero-order valence-corrected chi connectivity index (χ0v) is 14.9. The molecule has 0 aromatic heterocycles. The first-order valence-corrected chi connectivity index (χ1v) is 9.92. The third-order valence-corrected chi connectivity index (χ3v) is 7.13. The smallest absolute Gasteiger partial charge is 0.258 e.